The van der Waals surface area contributed by atoms with Crippen molar-refractivity contribution >= 4 is 12.0 Å². The Hall–Kier alpha value is -2.35. The molecule has 11 atom stereocenters. The number of epoxide rings is 1. The molecule has 2 saturated heterocycles. The number of rotatable bonds is 7. The predicted molar refractivity (Wildman–Crippen MR) is 116 cm³/mol. The first-order valence-corrected chi connectivity index (χ1v) is 11.4. The number of benzene rings is 1. The van der Waals surface area contributed by atoms with Gasteiger partial charge in [-0.2, -0.15) is 0 Å². The summed E-state index contributed by atoms with van der Waals surface area (Å²) < 4.78 is 27.7. The second kappa shape index (κ2) is 9.60. The van der Waals surface area contributed by atoms with Gasteiger partial charge in [-0.05, 0) is 17.7 Å². The number of aliphatic hydroxyl groups excluding tert-OH is 5. The lowest BCUT2D eigenvalue weighted by molar-refractivity contribution is -0.344. The predicted octanol–water partition coefficient (Wildman–Crippen LogP) is -1.33. The minimum absolute atomic E-state index is 0.364. The first-order chi connectivity index (χ1) is 16.9. The van der Waals surface area contributed by atoms with E-state index >= 15 is 0 Å². The first kappa shape index (κ1) is 24.3. The summed E-state index contributed by atoms with van der Waals surface area (Å²) in [4.78, 5) is 12.1. The van der Waals surface area contributed by atoms with Crippen LogP contribution in [0.5, 0.6) is 0 Å². The third kappa shape index (κ3) is 4.39. The van der Waals surface area contributed by atoms with Crippen molar-refractivity contribution in [1.82, 2.24) is 0 Å². The highest BCUT2D eigenvalue weighted by atomic mass is 16.8. The highest BCUT2D eigenvalue weighted by Crippen LogP contribution is 2.59. The Balaban J connectivity index is 1.22. The zero-order valence-electron chi connectivity index (χ0n) is 18.6. The maximum Gasteiger partial charge on any atom is 0.330 e. The normalized spacial score (nSPS) is 43.9. The summed E-state index contributed by atoms with van der Waals surface area (Å²) in [7, 11) is 0. The molecule has 1 aromatic carbocycles. The Morgan fingerprint density at radius 1 is 1.03 bits per heavy atom. The van der Waals surface area contributed by atoms with Crippen LogP contribution in [-0.4, -0.2) is 99.5 Å². The summed E-state index contributed by atoms with van der Waals surface area (Å²) in [5.74, 6) is -1.70. The van der Waals surface area contributed by atoms with Crippen molar-refractivity contribution in [3.63, 3.8) is 0 Å². The van der Waals surface area contributed by atoms with Crippen LogP contribution < -0.4 is 0 Å². The minimum Gasteiger partial charge on any atom is -0.472 e. The van der Waals surface area contributed by atoms with Crippen LogP contribution in [0.1, 0.15) is 5.56 Å². The van der Waals surface area contributed by atoms with Gasteiger partial charge in [0.1, 0.15) is 42.7 Å². The number of ether oxygens (including phenoxy) is 5. The van der Waals surface area contributed by atoms with E-state index in [1.54, 1.807) is 12.2 Å². The van der Waals surface area contributed by atoms with Crippen LogP contribution in [0.15, 0.2) is 48.7 Å². The van der Waals surface area contributed by atoms with Crippen LogP contribution in [0.4, 0.5) is 0 Å². The zero-order valence-corrected chi connectivity index (χ0v) is 18.6. The Bertz CT molecular complexity index is 967. The molecule has 5 rings (SSSR count). The Kier molecular flexibility index (Phi) is 6.68. The van der Waals surface area contributed by atoms with E-state index in [1.807, 2.05) is 30.3 Å². The van der Waals surface area contributed by atoms with Crippen molar-refractivity contribution in [3.05, 3.63) is 54.3 Å². The van der Waals surface area contributed by atoms with Gasteiger partial charge < -0.3 is 49.2 Å². The fraction of sp³-hybridized carbons (Fsp3) is 0.542. The average Bonchev–Trinajstić information content (AvgIpc) is 3.57. The third-order valence-corrected chi connectivity index (χ3v) is 7.05. The van der Waals surface area contributed by atoms with E-state index in [9.17, 15) is 30.3 Å². The lowest BCUT2D eigenvalue weighted by Crippen LogP contribution is -2.60. The SMILES string of the molecule is O=C(C=Cc1ccccc1)OCC1OC(O[C@@H]2OC=CC3C2[C@]2(CO)O[C@H]2[C@H]3O)C(O)C(O)C1O. The molecule has 0 bridgehead atoms. The van der Waals surface area contributed by atoms with E-state index in [2.05, 4.69) is 0 Å². The number of esters is 1. The fourth-order valence-corrected chi connectivity index (χ4v) is 5.10. The highest BCUT2D eigenvalue weighted by Gasteiger charge is 2.75. The van der Waals surface area contributed by atoms with Crippen LogP contribution in [-0.2, 0) is 28.5 Å². The van der Waals surface area contributed by atoms with Crippen molar-refractivity contribution < 1.29 is 54.0 Å². The summed E-state index contributed by atoms with van der Waals surface area (Å²) in [6, 6.07) is 9.11. The standard InChI is InChI=1S/C24H28O11/c25-11-24-16-13(17(27)21(24)35-24)8-9-31-22(16)34-23-20(30)19(29)18(28)14(33-23)10-32-15(26)7-6-12-4-2-1-3-5-12/h1-9,13-14,16-23,25,27-30H,10-11H2/t13?,14?,16?,17-,18?,19?,20?,21-,22-,23?,24-/m0/s1. The van der Waals surface area contributed by atoms with Crippen molar-refractivity contribution in [2.75, 3.05) is 13.2 Å². The van der Waals surface area contributed by atoms with Crippen LogP contribution in [0.2, 0.25) is 0 Å². The number of hydrogen-bond acceptors (Lipinski definition) is 11. The van der Waals surface area contributed by atoms with Crippen LogP contribution >= 0.6 is 0 Å². The van der Waals surface area contributed by atoms with Gasteiger partial charge in [0.15, 0.2) is 6.29 Å². The van der Waals surface area contributed by atoms with E-state index in [-0.39, 0.29) is 6.61 Å². The van der Waals surface area contributed by atoms with E-state index in [0.29, 0.717) is 0 Å². The monoisotopic (exact) mass is 492 g/mol. The Morgan fingerprint density at radius 2 is 1.80 bits per heavy atom. The maximum atomic E-state index is 12.1. The van der Waals surface area contributed by atoms with Crippen LogP contribution in [0.25, 0.3) is 6.08 Å². The quantitative estimate of drug-likeness (QED) is 0.174. The molecule has 0 spiro atoms. The number of fused-ring (bicyclic) bond motifs is 3. The lowest BCUT2D eigenvalue weighted by Gasteiger charge is -2.43. The van der Waals surface area contributed by atoms with Crippen molar-refractivity contribution in [1.29, 1.82) is 0 Å². The van der Waals surface area contributed by atoms with Gasteiger partial charge in [-0.3, -0.25) is 0 Å². The Morgan fingerprint density at radius 3 is 2.54 bits per heavy atom. The average molecular weight is 492 g/mol. The van der Waals surface area contributed by atoms with Gasteiger partial charge in [0.05, 0.1) is 24.9 Å². The van der Waals surface area contributed by atoms with E-state index < -0.39 is 79.2 Å². The zero-order chi connectivity index (χ0) is 24.7. The highest BCUT2D eigenvalue weighted by molar-refractivity contribution is 5.87. The van der Waals surface area contributed by atoms with Gasteiger partial charge in [-0.1, -0.05) is 30.3 Å². The van der Waals surface area contributed by atoms with Gasteiger partial charge in [-0.15, -0.1) is 0 Å². The van der Waals surface area contributed by atoms with Gasteiger partial charge in [-0.25, -0.2) is 4.79 Å². The molecule has 7 unspecified atom stereocenters. The number of carbonyl (C=O) groups is 1. The van der Waals surface area contributed by atoms with Crippen molar-refractivity contribution in [3.8, 4) is 0 Å². The molecule has 5 N–H and O–H groups in total. The first-order valence-electron chi connectivity index (χ1n) is 11.4. The number of aliphatic hydroxyl groups is 5. The van der Waals surface area contributed by atoms with Gasteiger partial charge in [0, 0.05) is 12.0 Å². The van der Waals surface area contributed by atoms with E-state index in [4.69, 9.17) is 23.7 Å². The van der Waals surface area contributed by atoms with Crippen molar-refractivity contribution in [2.24, 2.45) is 11.8 Å². The molecular formula is C24H28O11. The van der Waals surface area contributed by atoms with Crippen LogP contribution in [0.3, 0.4) is 0 Å². The smallest absolute Gasteiger partial charge is 0.330 e. The second-order valence-corrected chi connectivity index (χ2v) is 9.10. The molecule has 35 heavy (non-hydrogen) atoms. The topological polar surface area (TPSA) is 168 Å². The molecule has 3 aliphatic heterocycles. The summed E-state index contributed by atoms with van der Waals surface area (Å²) in [6.45, 7) is -0.776. The molecule has 1 aromatic rings. The summed E-state index contributed by atoms with van der Waals surface area (Å²) >= 11 is 0. The summed E-state index contributed by atoms with van der Waals surface area (Å²) in [6.07, 6.45) is -4.23. The molecule has 0 radical (unpaired) electrons. The molecule has 0 aromatic heterocycles. The fourth-order valence-electron chi connectivity index (χ4n) is 5.10. The van der Waals surface area contributed by atoms with Gasteiger partial charge >= 0.3 is 5.97 Å². The molecule has 11 nitrogen and oxygen atoms in total. The molecule has 0 amide bonds. The molecule has 11 heteroatoms. The molecule has 190 valence electrons. The third-order valence-electron chi connectivity index (χ3n) is 7.05. The number of hydrogen-bond donors (Lipinski definition) is 5. The molecule has 4 aliphatic rings. The van der Waals surface area contributed by atoms with Crippen molar-refractivity contribution in [2.45, 2.75) is 54.8 Å². The maximum absolute atomic E-state index is 12.1. The molecular weight excluding hydrogens is 464 g/mol. The molecule has 3 fully saturated rings. The molecule has 1 saturated carbocycles. The van der Waals surface area contributed by atoms with E-state index in [0.717, 1.165) is 5.56 Å². The van der Waals surface area contributed by atoms with Crippen LogP contribution in [0, 0.1) is 11.8 Å². The number of carbonyl (C=O) groups excluding carboxylic acids is 1. The lowest BCUT2D eigenvalue weighted by atomic mass is 9.85. The summed E-state index contributed by atoms with van der Waals surface area (Å²) in [5.41, 5.74) is -0.248. The summed E-state index contributed by atoms with van der Waals surface area (Å²) in [5, 5.41) is 51.5. The second-order valence-electron chi connectivity index (χ2n) is 9.10. The molecule has 3 heterocycles. The van der Waals surface area contributed by atoms with Gasteiger partial charge in [0.25, 0.3) is 0 Å². The largest absolute Gasteiger partial charge is 0.472 e. The van der Waals surface area contributed by atoms with Gasteiger partial charge in [0.2, 0.25) is 6.29 Å². The van der Waals surface area contributed by atoms with E-state index in [1.165, 1.54) is 12.3 Å². The Labute approximate surface area is 200 Å². The molecule has 1 aliphatic carbocycles. The minimum atomic E-state index is -1.65.